The molecule has 0 aromatic carbocycles. The Balaban J connectivity index is 4.36. The van der Waals surface area contributed by atoms with Gasteiger partial charge in [-0.05, 0) is 50.7 Å². The van der Waals surface area contributed by atoms with Gasteiger partial charge in [0.1, 0.15) is 19.8 Å². The molecule has 0 rings (SSSR count). The first-order valence-corrected chi connectivity index (χ1v) is 23.2. The second-order valence-corrected chi connectivity index (χ2v) is 17.2. The normalized spacial score (nSPS) is 14.0. The molecular weight excluding hydrogens is 701 g/mol. The minimum Gasteiger partial charge on any atom is -0.756 e. The number of phosphoric acid groups is 1. The summed E-state index contributed by atoms with van der Waals surface area (Å²) < 4.78 is 34.2. The number of unbranched alkanes of at least 4 members (excludes halogenated alkanes) is 21. The average Bonchev–Trinajstić information content (AvgIpc) is 3.11. The number of hydrogen-bond donors (Lipinski definition) is 0. The summed E-state index contributed by atoms with van der Waals surface area (Å²) >= 11 is 0. The zero-order chi connectivity index (χ0) is 40.0. The number of carbonyl (C=O) groups excluding carboxylic acids is 2. The molecule has 1 unspecified atom stereocenters. The van der Waals surface area contributed by atoms with E-state index in [1.807, 2.05) is 39.4 Å². The van der Waals surface area contributed by atoms with E-state index in [-0.39, 0.29) is 32.0 Å². The molecule has 0 saturated carbocycles. The monoisotopic (exact) mass is 784 g/mol. The minimum atomic E-state index is -4.56. The maximum absolute atomic E-state index is 12.6. The number of esters is 1. The van der Waals surface area contributed by atoms with E-state index in [1.54, 1.807) is 12.3 Å². The zero-order valence-electron chi connectivity index (χ0n) is 35.4. The average molecular weight is 784 g/mol. The molecular formula is C44H82NO8P. The third kappa shape index (κ3) is 39.9. The number of ketones is 1. The zero-order valence-corrected chi connectivity index (χ0v) is 36.3. The maximum atomic E-state index is 12.6. The van der Waals surface area contributed by atoms with Gasteiger partial charge in [-0.1, -0.05) is 148 Å². The van der Waals surface area contributed by atoms with Gasteiger partial charge in [0.15, 0.2) is 11.9 Å². The Kier molecular flexibility index (Phi) is 35.6. The van der Waals surface area contributed by atoms with Crippen molar-refractivity contribution < 1.29 is 42.1 Å². The molecule has 0 fully saturated rings. The Morgan fingerprint density at radius 1 is 0.630 bits per heavy atom. The molecule has 0 amide bonds. The fraction of sp³-hybridized carbons (Fsp3) is 0.818. The smallest absolute Gasteiger partial charge is 0.306 e. The molecule has 0 heterocycles. The van der Waals surface area contributed by atoms with E-state index in [0.717, 1.165) is 64.2 Å². The maximum Gasteiger partial charge on any atom is 0.306 e. The van der Waals surface area contributed by atoms with Gasteiger partial charge in [0.2, 0.25) is 0 Å². The van der Waals surface area contributed by atoms with Crippen LogP contribution in [0.2, 0.25) is 0 Å². The van der Waals surface area contributed by atoms with Gasteiger partial charge in [0.25, 0.3) is 7.82 Å². The van der Waals surface area contributed by atoms with E-state index in [4.69, 9.17) is 18.5 Å². The topological polar surface area (TPSA) is 111 Å². The number of rotatable bonds is 40. The molecule has 0 bridgehead atoms. The molecule has 0 aromatic heterocycles. The number of ether oxygens (including phenoxy) is 2. The first-order chi connectivity index (χ1) is 26.0. The van der Waals surface area contributed by atoms with Crippen LogP contribution in [-0.4, -0.2) is 69.8 Å². The van der Waals surface area contributed by atoms with E-state index < -0.39 is 19.9 Å². The highest BCUT2D eigenvalue weighted by Crippen LogP contribution is 2.38. The molecule has 316 valence electrons. The Hall–Kier alpha value is -1.77. The first kappa shape index (κ1) is 52.2. The molecule has 0 radical (unpaired) electrons. The number of quaternary nitrogens is 1. The van der Waals surface area contributed by atoms with Gasteiger partial charge in [0, 0.05) is 12.8 Å². The quantitative estimate of drug-likeness (QED) is 0.0115. The SMILES string of the molecule is CCCCCCCCCCCCCCCC/C=C/OC[C@H](COP(=O)([O-])OCC[N+](C)(C)C)OC(=O)CCCCCCC/C=C\C=C\C(=O)CCCCC. The molecule has 10 heteroatoms. The molecule has 0 aliphatic heterocycles. The van der Waals surface area contributed by atoms with Gasteiger partial charge >= 0.3 is 5.97 Å². The van der Waals surface area contributed by atoms with E-state index in [1.165, 1.54) is 83.5 Å². The molecule has 0 N–H and O–H groups in total. The Bertz CT molecular complexity index is 1020. The summed E-state index contributed by atoms with van der Waals surface area (Å²) in [7, 11) is 1.27. The molecule has 2 atom stereocenters. The largest absolute Gasteiger partial charge is 0.756 e. The number of nitrogens with zero attached hydrogens (tertiary/aromatic N) is 1. The molecule has 0 aliphatic rings. The Morgan fingerprint density at radius 3 is 1.70 bits per heavy atom. The third-order valence-electron chi connectivity index (χ3n) is 9.23. The van der Waals surface area contributed by atoms with Crippen LogP contribution in [0.1, 0.15) is 181 Å². The van der Waals surface area contributed by atoms with Gasteiger partial charge in [0.05, 0.1) is 34.0 Å². The first-order valence-electron chi connectivity index (χ1n) is 21.7. The third-order valence-corrected chi connectivity index (χ3v) is 10.2. The summed E-state index contributed by atoms with van der Waals surface area (Å²) in [4.78, 5) is 36.8. The van der Waals surface area contributed by atoms with Crippen molar-refractivity contribution in [3.63, 3.8) is 0 Å². The molecule has 0 spiro atoms. The van der Waals surface area contributed by atoms with Gasteiger partial charge in [-0.3, -0.25) is 14.2 Å². The summed E-state index contributed by atoms with van der Waals surface area (Å²) in [5.41, 5.74) is 0. The van der Waals surface area contributed by atoms with E-state index in [2.05, 4.69) is 19.9 Å². The van der Waals surface area contributed by atoms with Crippen LogP contribution in [0.25, 0.3) is 0 Å². The summed E-state index contributed by atoms with van der Waals surface area (Å²) in [6.45, 7) is 4.53. The lowest BCUT2D eigenvalue weighted by Crippen LogP contribution is -2.37. The Morgan fingerprint density at radius 2 is 1.13 bits per heavy atom. The summed E-state index contributed by atoms with van der Waals surface area (Å²) in [6.07, 6.45) is 39.4. The van der Waals surface area contributed by atoms with E-state index in [0.29, 0.717) is 23.9 Å². The van der Waals surface area contributed by atoms with Crippen molar-refractivity contribution in [1.29, 1.82) is 0 Å². The van der Waals surface area contributed by atoms with Crippen LogP contribution in [0.15, 0.2) is 36.6 Å². The van der Waals surface area contributed by atoms with Crippen LogP contribution in [-0.2, 0) is 32.7 Å². The van der Waals surface area contributed by atoms with Crippen molar-refractivity contribution in [3.05, 3.63) is 36.6 Å². The number of carbonyl (C=O) groups is 2. The summed E-state index contributed by atoms with van der Waals surface area (Å²) in [5, 5.41) is 0. The molecule has 0 aliphatic carbocycles. The standard InChI is InChI=1S/C44H82NO8P/c1-6-8-10-11-12-13-14-15-16-17-18-19-23-26-29-33-38-50-40-43(41-52-54(48,49)51-39-37-45(3,4)5)53-44(47)36-32-28-25-22-20-21-24-27-31-35-42(46)34-30-9-7-2/h24,27,31,33,35,38,43H,6-23,25-26,28-30,32,34,36-37,39-41H2,1-5H3/b27-24-,35-31+,38-33+/t43-/m1/s1. The molecule has 0 saturated heterocycles. The fourth-order valence-corrected chi connectivity index (χ4v) is 6.52. The van der Waals surface area contributed by atoms with Gasteiger partial charge in [-0.25, -0.2) is 0 Å². The second-order valence-electron chi connectivity index (χ2n) is 15.8. The number of phosphoric ester groups is 1. The Labute approximate surface area is 331 Å². The van der Waals surface area contributed by atoms with Crippen LogP contribution in [0.4, 0.5) is 0 Å². The number of likely N-dealkylation sites (N-methyl/N-ethyl adjacent to an activating group) is 1. The lowest BCUT2D eigenvalue weighted by molar-refractivity contribution is -0.870. The highest BCUT2D eigenvalue weighted by Gasteiger charge is 2.20. The number of allylic oxidation sites excluding steroid dienone is 5. The van der Waals surface area contributed by atoms with Gasteiger partial charge in [-0.2, -0.15) is 0 Å². The molecule has 9 nitrogen and oxygen atoms in total. The van der Waals surface area contributed by atoms with Crippen molar-refractivity contribution in [3.8, 4) is 0 Å². The summed E-state index contributed by atoms with van der Waals surface area (Å²) in [5.74, 6) is -0.213. The highest BCUT2D eigenvalue weighted by atomic mass is 31.2. The van der Waals surface area contributed by atoms with Crippen molar-refractivity contribution in [2.75, 3.05) is 47.5 Å². The molecule has 54 heavy (non-hydrogen) atoms. The van der Waals surface area contributed by atoms with Crippen molar-refractivity contribution in [2.45, 2.75) is 187 Å². The lowest BCUT2D eigenvalue weighted by Gasteiger charge is -2.28. The molecule has 0 aromatic rings. The van der Waals surface area contributed by atoms with Gasteiger partial charge < -0.3 is 27.9 Å². The predicted molar refractivity (Wildman–Crippen MR) is 222 cm³/mol. The van der Waals surface area contributed by atoms with Crippen molar-refractivity contribution in [1.82, 2.24) is 0 Å². The summed E-state index contributed by atoms with van der Waals surface area (Å²) in [6, 6.07) is 0. The van der Waals surface area contributed by atoms with Crippen LogP contribution >= 0.6 is 7.82 Å². The fourth-order valence-electron chi connectivity index (χ4n) is 5.79. The highest BCUT2D eigenvalue weighted by molar-refractivity contribution is 7.45. The van der Waals surface area contributed by atoms with E-state index >= 15 is 0 Å². The van der Waals surface area contributed by atoms with Crippen molar-refractivity contribution in [2.24, 2.45) is 0 Å². The van der Waals surface area contributed by atoms with Crippen LogP contribution < -0.4 is 4.89 Å². The van der Waals surface area contributed by atoms with Crippen LogP contribution in [0, 0.1) is 0 Å². The van der Waals surface area contributed by atoms with Gasteiger partial charge in [-0.15, -0.1) is 0 Å². The number of hydrogen-bond acceptors (Lipinski definition) is 8. The lowest BCUT2D eigenvalue weighted by atomic mass is 10.0. The second kappa shape index (κ2) is 36.8. The van der Waals surface area contributed by atoms with Crippen molar-refractivity contribution >= 4 is 19.6 Å². The predicted octanol–water partition coefficient (Wildman–Crippen LogP) is 11.5. The van der Waals surface area contributed by atoms with Crippen LogP contribution in [0.5, 0.6) is 0 Å². The minimum absolute atomic E-state index is 0.000756. The van der Waals surface area contributed by atoms with Crippen LogP contribution in [0.3, 0.4) is 0 Å². The van der Waals surface area contributed by atoms with E-state index in [9.17, 15) is 19.0 Å².